The van der Waals surface area contributed by atoms with Crippen LogP contribution in [0.2, 0.25) is 0 Å². The summed E-state index contributed by atoms with van der Waals surface area (Å²) >= 11 is 0. The number of Topliss-reactive ketones (excluding diaryl/α,β-unsaturated/α-hetero) is 2. The Morgan fingerprint density at radius 2 is 2.00 bits per heavy atom. The minimum Gasteiger partial charge on any atom is -0.342 e. The predicted molar refractivity (Wildman–Crippen MR) is 85.1 cm³/mol. The van der Waals surface area contributed by atoms with Gasteiger partial charge in [0.25, 0.3) is 0 Å². The zero-order valence-corrected chi connectivity index (χ0v) is 12.6. The summed E-state index contributed by atoms with van der Waals surface area (Å²) in [6, 6.07) is 7.87. The van der Waals surface area contributed by atoms with Crippen molar-refractivity contribution in [3.63, 3.8) is 0 Å². The number of benzene rings is 1. The molecule has 1 aliphatic carbocycles. The van der Waals surface area contributed by atoms with Crippen LogP contribution in [0.1, 0.15) is 32.0 Å². The number of fused-ring (bicyclic) bond motifs is 1. The fourth-order valence-corrected chi connectivity index (χ4v) is 2.92. The summed E-state index contributed by atoms with van der Waals surface area (Å²) in [5.41, 5.74) is 2.59. The molecule has 1 fully saturated rings. The first-order valence-corrected chi connectivity index (χ1v) is 7.65. The Kier molecular flexibility index (Phi) is 4.13. The second kappa shape index (κ2) is 6.22. The van der Waals surface area contributed by atoms with Crippen LogP contribution >= 0.6 is 0 Å². The van der Waals surface area contributed by atoms with Crippen molar-refractivity contribution in [1.82, 2.24) is 9.97 Å². The molecule has 0 amide bonds. The van der Waals surface area contributed by atoms with Crippen LogP contribution in [0.25, 0.3) is 11.0 Å². The summed E-state index contributed by atoms with van der Waals surface area (Å²) in [6.45, 7) is 2.31. The van der Waals surface area contributed by atoms with Crippen molar-refractivity contribution < 1.29 is 9.59 Å². The largest absolute Gasteiger partial charge is 0.342 e. The Morgan fingerprint density at radius 3 is 2.73 bits per heavy atom. The van der Waals surface area contributed by atoms with E-state index in [1.165, 1.54) is 0 Å². The van der Waals surface area contributed by atoms with Crippen molar-refractivity contribution in [2.24, 2.45) is 10.9 Å². The summed E-state index contributed by atoms with van der Waals surface area (Å²) in [5, 5.41) is 0. The molecular formula is C17H19N3O2. The van der Waals surface area contributed by atoms with Crippen LogP contribution in [-0.4, -0.2) is 33.8 Å². The highest BCUT2D eigenvalue weighted by Gasteiger charge is 2.31. The van der Waals surface area contributed by atoms with Gasteiger partial charge in [0.2, 0.25) is 0 Å². The molecule has 0 aliphatic heterocycles. The SMILES string of the molecule is CC(=NCCc1nc2ccccc2[nH]1)C1C(=O)CCCC1=O. The summed E-state index contributed by atoms with van der Waals surface area (Å²) < 4.78 is 0. The van der Waals surface area contributed by atoms with Crippen LogP contribution < -0.4 is 0 Å². The van der Waals surface area contributed by atoms with Crippen LogP contribution in [0.4, 0.5) is 0 Å². The fraction of sp³-hybridized carbons (Fsp3) is 0.412. The number of para-hydroxylation sites is 2. The van der Waals surface area contributed by atoms with Gasteiger partial charge in [-0.15, -0.1) is 0 Å². The molecule has 1 aromatic carbocycles. The molecule has 0 saturated heterocycles. The maximum Gasteiger partial charge on any atom is 0.148 e. The highest BCUT2D eigenvalue weighted by molar-refractivity contribution is 6.21. The molecule has 0 spiro atoms. The minimum absolute atomic E-state index is 0.0150. The molecule has 1 saturated carbocycles. The van der Waals surface area contributed by atoms with E-state index in [4.69, 9.17) is 0 Å². The van der Waals surface area contributed by atoms with E-state index >= 15 is 0 Å². The maximum absolute atomic E-state index is 11.9. The third-order valence-electron chi connectivity index (χ3n) is 4.06. The van der Waals surface area contributed by atoms with E-state index in [0.29, 0.717) is 37.9 Å². The zero-order valence-electron chi connectivity index (χ0n) is 12.6. The minimum atomic E-state index is -0.607. The van der Waals surface area contributed by atoms with Gasteiger partial charge in [0.05, 0.1) is 11.0 Å². The smallest absolute Gasteiger partial charge is 0.148 e. The second-order valence-corrected chi connectivity index (χ2v) is 5.69. The van der Waals surface area contributed by atoms with Gasteiger partial charge in [-0.2, -0.15) is 0 Å². The third kappa shape index (κ3) is 2.98. The van der Waals surface area contributed by atoms with E-state index in [1.54, 1.807) is 6.92 Å². The van der Waals surface area contributed by atoms with Crippen molar-refractivity contribution >= 4 is 28.3 Å². The molecule has 2 aromatic rings. The number of hydrogen-bond acceptors (Lipinski definition) is 4. The molecule has 1 aromatic heterocycles. The lowest BCUT2D eigenvalue weighted by atomic mass is 9.84. The number of aromatic amines is 1. The first-order valence-electron chi connectivity index (χ1n) is 7.65. The van der Waals surface area contributed by atoms with Crippen LogP contribution in [-0.2, 0) is 16.0 Å². The van der Waals surface area contributed by atoms with Crippen LogP contribution in [0.15, 0.2) is 29.3 Å². The number of rotatable bonds is 4. The van der Waals surface area contributed by atoms with Gasteiger partial charge >= 0.3 is 0 Å². The molecule has 5 nitrogen and oxygen atoms in total. The first-order chi connectivity index (χ1) is 10.6. The average Bonchev–Trinajstić information content (AvgIpc) is 2.89. The van der Waals surface area contributed by atoms with Gasteiger partial charge < -0.3 is 4.98 Å². The van der Waals surface area contributed by atoms with Crippen LogP contribution in [0.3, 0.4) is 0 Å². The molecule has 1 heterocycles. The molecule has 114 valence electrons. The van der Waals surface area contributed by atoms with Crippen molar-refractivity contribution in [3.05, 3.63) is 30.1 Å². The number of aliphatic imine (C=N–C) groups is 1. The van der Waals surface area contributed by atoms with Crippen molar-refractivity contribution in [2.75, 3.05) is 6.54 Å². The summed E-state index contributed by atoms with van der Waals surface area (Å²) in [4.78, 5) is 35.9. The Hall–Kier alpha value is -2.30. The average molecular weight is 297 g/mol. The number of nitrogens with zero attached hydrogens (tertiary/aromatic N) is 2. The molecule has 0 unspecified atom stereocenters. The fourth-order valence-electron chi connectivity index (χ4n) is 2.92. The predicted octanol–water partition coefficient (Wildman–Crippen LogP) is 2.50. The van der Waals surface area contributed by atoms with Crippen molar-refractivity contribution in [3.8, 4) is 0 Å². The molecule has 3 rings (SSSR count). The van der Waals surface area contributed by atoms with E-state index in [1.807, 2.05) is 24.3 Å². The van der Waals surface area contributed by atoms with Crippen molar-refractivity contribution in [1.29, 1.82) is 0 Å². The molecule has 22 heavy (non-hydrogen) atoms. The standard InChI is InChI=1S/C17H19N3O2/c1-11(17-14(21)7-4-8-15(17)22)18-10-9-16-19-12-5-2-3-6-13(12)20-16/h2-3,5-6,17H,4,7-10H2,1H3,(H,19,20). The van der Waals surface area contributed by atoms with Gasteiger partial charge in [0.1, 0.15) is 23.3 Å². The third-order valence-corrected chi connectivity index (χ3v) is 4.06. The topological polar surface area (TPSA) is 75.2 Å². The number of hydrogen-bond donors (Lipinski definition) is 1. The zero-order chi connectivity index (χ0) is 15.5. The van der Waals surface area contributed by atoms with Gasteiger partial charge in [-0.3, -0.25) is 14.6 Å². The second-order valence-electron chi connectivity index (χ2n) is 5.69. The number of ketones is 2. The van der Waals surface area contributed by atoms with Gasteiger partial charge in [-0.05, 0) is 25.5 Å². The first kappa shape index (κ1) is 14.6. The van der Waals surface area contributed by atoms with Gasteiger partial charge in [0.15, 0.2) is 0 Å². The van der Waals surface area contributed by atoms with Gasteiger partial charge in [0, 0.05) is 31.5 Å². The molecule has 0 bridgehead atoms. The van der Waals surface area contributed by atoms with Gasteiger partial charge in [-0.25, -0.2) is 4.98 Å². The van der Waals surface area contributed by atoms with Crippen LogP contribution in [0.5, 0.6) is 0 Å². The molecule has 0 atom stereocenters. The lowest BCUT2D eigenvalue weighted by Gasteiger charge is -2.19. The molecule has 1 N–H and O–H groups in total. The number of aromatic nitrogens is 2. The lowest BCUT2D eigenvalue weighted by Crippen LogP contribution is -2.34. The maximum atomic E-state index is 11.9. The van der Waals surface area contributed by atoms with E-state index in [2.05, 4.69) is 15.0 Å². The Labute approximate surface area is 128 Å². The lowest BCUT2D eigenvalue weighted by molar-refractivity contribution is -0.132. The highest BCUT2D eigenvalue weighted by Crippen LogP contribution is 2.19. The molecular weight excluding hydrogens is 278 g/mol. The highest BCUT2D eigenvalue weighted by atomic mass is 16.2. The van der Waals surface area contributed by atoms with Gasteiger partial charge in [-0.1, -0.05) is 12.1 Å². The normalized spacial score (nSPS) is 17.4. The monoisotopic (exact) mass is 297 g/mol. The number of carbonyl (C=O) groups is 2. The van der Waals surface area contributed by atoms with E-state index in [0.717, 1.165) is 16.9 Å². The summed E-state index contributed by atoms with van der Waals surface area (Å²) in [5.74, 6) is 0.297. The van der Waals surface area contributed by atoms with E-state index in [9.17, 15) is 9.59 Å². The Balaban J connectivity index is 1.65. The number of carbonyl (C=O) groups excluding carboxylic acids is 2. The Morgan fingerprint density at radius 1 is 1.27 bits per heavy atom. The van der Waals surface area contributed by atoms with E-state index < -0.39 is 5.92 Å². The Bertz CT molecular complexity index is 696. The molecule has 1 aliphatic rings. The quantitative estimate of drug-likeness (QED) is 0.696. The molecule has 0 radical (unpaired) electrons. The van der Waals surface area contributed by atoms with E-state index in [-0.39, 0.29) is 11.6 Å². The summed E-state index contributed by atoms with van der Waals surface area (Å²) in [6.07, 6.45) is 2.33. The number of H-pyrrole nitrogens is 1. The number of nitrogens with one attached hydrogen (secondary N) is 1. The van der Waals surface area contributed by atoms with Crippen LogP contribution in [0, 0.1) is 5.92 Å². The summed E-state index contributed by atoms with van der Waals surface area (Å²) in [7, 11) is 0. The number of imidazole rings is 1. The molecule has 5 heteroatoms. The van der Waals surface area contributed by atoms with Crippen molar-refractivity contribution in [2.45, 2.75) is 32.6 Å².